The first-order valence-electron chi connectivity index (χ1n) is 7.76. The number of thiophene rings is 1. The second kappa shape index (κ2) is 9.22. The molecule has 5 nitrogen and oxygen atoms in total. The summed E-state index contributed by atoms with van der Waals surface area (Å²) < 4.78 is 44.8. The number of alkyl halides is 3. The molecule has 0 fully saturated rings. The molecule has 1 aromatic carbocycles. The van der Waals surface area contributed by atoms with Crippen LogP contribution in [0.2, 0.25) is 0 Å². The van der Waals surface area contributed by atoms with E-state index < -0.39 is 24.8 Å². The fourth-order valence-corrected chi connectivity index (χ4v) is 2.76. The van der Waals surface area contributed by atoms with E-state index in [1.54, 1.807) is 0 Å². The molecule has 0 saturated heterocycles. The minimum atomic E-state index is -4.76. The average molecular weight is 399 g/mol. The summed E-state index contributed by atoms with van der Waals surface area (Å²) in [6, 6.07) is 8.50. The van der Waals surface area contributed by atoms with Crippen LogP contribution in [0.25, 0.3) is 6.08 Å². The van der Waals surface area contributed by atoms with Crippen molar-refractivity contribution in [1.29, 1.82) is 0 Å². The monoisotopic (exact) mass is 399 g/mol. The van der Waals surface area contributed by atoms with E-state index in [4.69, 9.17) is 4.74 Å². The molecule has 1 aromatic heterocycles. The first-order chi connectivity index (χ1) is 12.7. The molecule has 0 spiro atoms. The number of ether oxygens (including phenoxy) is 2. The van der Waals surface area contributed by atoms with Gasteiger partial charge < -0.3 is 14.8 Å². The molecule has 0 aliphatic rings. The van der Waals surface area contributed by atoms with E-state index in [0.29, 0.717) is 5.56 Å². The Morgan fingerprint density at radius 1 is 1.22 bits per heavy atom. The molecular formula is C18H16F3NO4S. The summed E-state index contributed by atoms with van der Waals surface area (Å²) in [5.41, 5.74) is 0.470. The van der Waals surface area contributed by atoms with Crippen LogP contribution in [0.3, 0.4) is 0 Å². The van der Waals surface area contributed by atoms with Crippen molar-refractivity contribution in [2.24, 2.45) is 0 Å². The van der Waals surface area contributed by atoms with Crippen LogP contribution in [0.5, 0.6) is 5.75 Å². The van der Waals surface area contributed by atoms with Gasteiger partial charge in [-0.3, -0.25) is 4.79 Å². The molecule has 0 radical (unpaired) electrons. The quantitative estimate of drug-likeness (QED) is 0.563. The first kappa shape index (κ1) is 20.5. The van der Waals surface area contributed by atoms with Crippen LogP contribution in [0.15, 0.2) is 47.9 Å². The molecule has 0 aliphatic heterocycles. The van der Waals surface area contributed by atoms with E-state index in [0.717, 1.165) is 23.1 Å². The van der Waals surface area contributed by atoms with Gasteiger partial charge in [0, 0.05) is 11.0 Å². The Kier molecular flexibility index (Phi) is 7.00. The van der Waals surface area contributed by atoms with Crippen LogP contribution in [0, 0.1) is 0 Å². The van der Waals surface area contributed by atoms with Crippen molar-refractivity contribution >= 4 is 29.3 Å². The second-order valence-electron chi connectivity index (χ2n) is 5.36. The molecule has 1 atom stereocenters. The van der Waals surface area contributed by atoms with Crippen molar-refractivity contribution in [3.8, 4) is 5.75 Å². The lowest BCUT2D eigenvalue weighted by molar-refractivity contribution is -0.274. The van der Waals surface area contributed by atoms with Crippen LogP contribution in [-0.2, 0) is 14.3 Å². The van der Waals surface area contributed by atoms with Gasteiger partial charge in [-0.2, -0.15) is 0 Å². The number of nitrogens with one attached hydrogen (secondary N) is 1. The van der Waals surface area contributed by atoms with Crippen LogP contribution < -0.4 is 10.1 Å². The zero-order valence-corrected chi connectivity index (χ0v) is 15.0. The van der Waals surface area contributed by atoms with Gasteiger partial charge in [0.2, 0.25) is 0 Å². The number of halogens is 3. The van der Waals surface area contributed by atoms with Gasteiger partial charge in [0.25, 0.3) is 5.91 Å². The number of carbonyl (C=O) groups excluding carboxylic acids is 2. The summed E-state index contributed by atoms with van der Waals surface area (Å²) in [5.74, 6) is -1.55. The van der Waals surface area contributed by atoms with Crippen molar-refractivity contribution < 1.29 is 32.2 Å². The molecule has 144 valence electrons. The van der Waals surface area contributed by atoms with E-state index in [1.165, 1.54) is 29.5 Å². The second-order valence-corrected chi connectivity index (χ2v) is 6.34. The molecule has 9 heteroatoms. The highest BCUT2D eigenvalue weighted by molar-refractivity contribution is 7.10. The normalized spacial score (nSPS) is 12.6. The van der Waals surface area contributed by atoms with E-state index >= 15 is 0 Å². The maximum Gasteiger partial charge on any atom is 0.573 e. The summed E-state index contributed by atoms with van der Waals surface area (Å²) in [7, 11) is 0. The number of benzene rings is 1. The number of esters is 1. The van der Waals surface area contributed by atoms with Gasteiger partial charge in [-0.25, -0.2) is 4.79 Å². The maximum absolute atomic E-state index is 12.1. The summed E-state index contributed by atoms with van der Waals surface area (Å²) in [6.45, 7) is 1.38. The van der Waals surface area contributed by atoms with Crippen LogP contribution >= 0.6 is 11.3 Å². The van der Waals surface area contributed by atoms with E-state index in [-0.39, 0.29) is 11.8 Å². The molecule has 2 rings (SSSR count). The summed E-state index contributed by atoms with van der Waals surface area (Å²) in [6.07, 6.45) is -2.33. The first-order valence-corrected chi connectivity index (χ1v) is 8.64. The largest absolute Gasteiger partial charge is 0.573 e. The highest BCUT2D eigenvalue weighted by Crippen LogP contribution is 2.23. The minimum absolute atomic E-state index is 0.191. The number of amides is 1. The van der Waals surface area contributed by atoms with Gasteiger partial charge in [-0.05, 0) is 42.1 Å². The Balaban J connectivity index is 1.77. The van der Waals surface area contributed by atoms with Crippen LogP contribution in [0.4, 0.5) is 13.2 Å². The Bertz CT molecular complexity index is 786. The van der Waals surface area contributed by atoms with Crippen LogP contribution in [-0.4, -0.2) is 24.8 Å². The number of carbonyl (C=O) groups is 2. The van der Waals surface area contributed by atoms with E-state index in [1.807, 2.05) is 24.4 Å². The SMILES string of the molecule is C[C@H](NC(=O)COC(=O)/C=C/c1ccc(OC(F)(F)F)cc1)c1cccs1. The molecular weight excluding hydrogens is 383 g/mol. The molecule has 0 saturated carbocycles. The lowest BCUT2D eigenvalue weighted by atomic mass is 10.2. The molecule has 0 unspecified atom stereocenters. The van der Waals surface area contributed by atoms with Crippen molar-refractivity contribution in [2.45, 2.75) is 19.3 Å². The number of hydrogen-bond acceptors (Lipinski definition) is 5. The predicted molar refractivity (Wildman–Crippen MR) is 94.0 cm³/mol. The van der Waals surface area contributed by atoms with Crippen LogP contribution in [0.1, 0.15) is 23.4 Å². The third kappa shape index (κ3) is 7.53. The number of rotatable bonds is 7. The zero-order chi connectivity index (χ0) is 19.9. The zero-order valence-electron chi connectivity index (χ0n) is 14.2. The van der Waals surface area contributed by atoms with E-state index in [9.17, 15) is 22.8 Å². The summed E-state index contributed by atoms with van der Waals surface area (Å²) in [5, 5.41) is 4.59. The Labute approximate surface area is 157 Å². The highest BCUT2D eigenvalue weighted by atomic mass is 32.1. The van der Waals surface area contributed by atoms with E-state index in [2.05, 4.69) is 10.1 Å². The average Bonchev–Trinajstić information content (AvgIpc) is 3.13. The van der Waals surface area contributed by atoms with Gasteiger partial charge >= 0.3 is 12.3 Å². The Morgan fingerprint density at radius 2 is 1.93 bits per heavy atom. The van der Waals surface area contributed by atoms with Crippen molar-refractivity contribution in [3.05, 3.63) is 58.3 Å². The lowest BCUT2D eigenvalue weighted by Gasteiger charge is -2.11. The van der Waals surface area contributed by atoms with Crippen molar-refractivity contribution in [1.82, 2.24) is 5.32 Å². The Morgan fingerprint density at radius 3 is 2.52 bits per heavy atom. The summed E-state index contributed by atoms with van der Waals surface area (Å²) >= 11 is 1.50. The lowest BCUT2D eigenvalue weighted by Crippen LogP contribution is -2.30. The molecule has 2 aromatic rings. The third-order valence-electron chi connectivity index (χ3n) is 3.22. The van der Waals surface area contributed by atoms with Gasteiger partial charge in [0.15, 0.2) is 6.61 Å². The van der Waals surface area contributed by atoms with Gasteiger partial charge in [0.1, 0.15) is 5.75 Å². The fourth-order valence-electron chi connectivity index (χ4n) is 2.02. The molecule has 1 heterocycles. The maximum atomic E-state index is 12.1. The van der Waals surface area contributed by atoms with Crippen molar-refractivity contribution in [2.75, 3.05) is 6.61 Å². The summed E-state index contributed by atoms with van der Waals surface area (Å²) in [4.78, 5) is 24.4. The number of hydrogen-bond donors (Lipinski definition) is 1. The predicted octanol–water partition coefficient (Wildman–Crippen LogP) is 4.08. The molecule has 27 heavy (non-hydrogen) atoms. The molecule has 0 aliphatic carbocycles. The Hall–Kier alpha value is -2.81. The molecule has 1 N–H and O–H groups in total. The standard InChI is InChI=1S/C18H16F3NO4S/c1-12(15-3-2-10-27-15)22-16(23)11-25-17(24)9-6-13-4-7-14(8-5-13)26-18(19,20)21/h2-10,12H,11H2,1H3,(H,22,23)/b9-6+/t12-/m0/s1. The fraction of sp³-hybridized carbons (Fsp3) is 0.222. The minimum Gasteiger partial charge on any atom is -0.452 e. The molecule has 0 bridgehead atoms. The van der Waals surface area contributed by atoms with Gasteiger partial charge in [0.05, 0.1) is 6.04 Å². The molecule has 1 amide bonds. The topological polar surface area (TPSA) is 64.6 Å². The third-order valence-corrected chi connectivity index (χ3v) is 4.27. The van der Waals surface area contributed by atoms with Crippen molar-refractivity contribution in [3.63, 3.8) is 0 Å². The smallest absolute Gasteiger partial charge is 0.452 e. The van der Waals surface area contributed by atoms with Gasteiger partial charge in [-0.15, -0.1) is 24.5 Å². The van der Waals surface area contributed by atoms with Gasteiger partial charge in [-0.1, -0.05) is 18.2 Å². The highest BCUT2D eigenvalue weighted by Gasteiger charge is 2.30.